The average molecular weight is 481 g/mol. The van der Waals surface area contributed by atoms with Gasteiger partial charge in [0.2, 0.25) is 0 Å². The predicted molar refractivity (Wildman–Crippen MR) is 89.5 cm³/mol. The van der Waals surface area contributed by atoms with E-state index in [1.807, 2.05) is 12.1 Å². The molecule has 0 bridgehead atoms. The lowest BCUT2D eigenvalue weighted by atomic mass is 10.3. The minimum absolute atomic E-state index is 0.126. The van der Waals surface area contributed by atoms with Gasteiger partial charge in [-0.2, -0.15) is 5.10 Å². The lowest BCUT2D eigenvalue weighted by molar-refractivity contribution is -0.123. The van der Waals surface area contributed by atoms with Gasteiger partial charge < -0.3 is 9.15 Å². The number of carbonyl (C=O) groups excluding carboxylic acids is 1. The van der Waals surface area contributed by atoms with E-state index in [0.29, 0.717) is 16.2 Å². The Balaban J connectivity index is 1.79. The topological polar surface area (TPSA) is 63.8 Å². The van der Waals surface area contributed by atoms with E-state index in [1.165, 1.54) is 6.21 Å². The quantitative estimate of drug-likeness (QED) is 0.518. The van der Waals surface area contributed by atoms with Gasteiger partial charge in [-0.05, 0) is 50.1 Å². The highest BCUT2D eigenvalue weighted by Gasteiger charge is 2.04. The second kappa shape index (κ2) is 7.77. The number of amides is 1. The maximum absolute atomic E-state index is 11.6. The number of hydrogen-bond acceptors (Lipinski definition) is 4. The Bertz CT molecular complexity index is 651. The van der Waals surface area contributed by atoms with Crippen LogP contribution in [0.2, 0.25) is 0 Å². The summed E-state index contributed by atoms with van der Waals surface area (Å²) in [6.07, 6.45) is 1.40. The van der Waals surface area contributed by atoms with Crippen LogP contribution in [0.3, 0.4) is 0 Å². The van der Waals surface area contributed by atoms with E-state index >= 15 is 0 Å². The third-order valence-electron chi connectivity index (χ3n) is 2.21. The van der Waals surface area contributed by atoms with Crippen molar-refractivity contribution < 1.29 is 13.9 Å². The molecule has 2 rings (SSSR count). The maximum Gasteiger partial charge on any atom is 0.277 e. The smallest absolute Gasteiger partial charge is 0.277 e. The van der Waals surface area contributed by atoms with Crippen molar-refractivity contribution >= 4 is 59.9 Å². The minimum atomic E-state index is -0.365. The first-order chi connectivity index (χ1) is 10.0. The van der Waals surface area contributed by atoms with Crippen molar-refractivity contribution in [3.8, 4) is 5.75 Å². The molecule has 0 aliphatic rings. The Morgan fingerprint density at radius 3 is 2.81 bits per heavy atom. The molecule has 0 radical (unpaired) electrons. The molecule has 0 unspecified atom stereocenters. The van der Waals surface area contributed by atoms with E-state index in [4.69, 9.17) is 9.15 Å². The number of furan rings is 1. The monoisotopic (exact) mass is 478 g/mol. The molecule has 0 saturated carbocycles. The molecule has 2 aromatic rings. The fraction of sp³-hybridized carbons (Fsp3) is 0.0769. The maximum atomic E-state index is 11.6. The molecule has 1 N–H and O–H groups in total. The SMILES string of the molecule is O=C(COc1cccc(Br)c1)N/N=C/c1cc(Br)c(Br)o1. The summed E-state index contributed by atoms with van der Waals surface area (Å²) in [4.78, 5) is 11.6. The molecule has 1 heterocycles. The number of benzene rings is 1. The summed E-state index contributed by atoms with van der Waals surface area (Å²) >= 11 is 9.81. The van der Waals surface area contributed by atoms with E-state index < -0.39 is 0 Å². The number of nitrogens with one attached hydrogen (secondary N) is 1. The first-order valence-corrected chi connectivity index (χ1v) is 8.07. The van der Waals surface area contributed by atoms with Crippen LogP contribution in [0, 0.1) is 0 Å². The van der Waals surface area contributed by atoms with Gasteiger partial charge in [0.15, 0.2) is 11.3 Å². The highest BCUT2D eigenvalue weighted by atomic mass is 79.9. The molecule has 1 amide bonds. The fourth-order valence-corrected chi connectivity index (χ4v) is 2.32. The lowest BCUT2D eigenvalue weighted by Gasteiger charge is -2.04. The molecule has 0 spiro atoms. The van der Waals surface area contributed by atoms with E-state index in [1.54, 1.807) is 18.2 Å². The standard InChI is InChI=1S/C13H9Br3N2O3/c14-8-2-1-3-9(4-8)20-7-12(19)18-17-6-10-5-11(15)13(16)21-10/h1-6H,7H2,(H,18,19)/b17-6+. The van der Waals surface area contributed by atoms with Gasteiger partial charge in [-0.3, -0.25) is 4.79 Å². The number of rotatable bonds is 5. The van der Waals surface area contributed by atoms with Gasteiger partial charge >= 0.3 is 0 Å². The first kappa shape index (κ1) is 16.3. The molecular formula is C13H9Br3N2O3. The zero-order valence-corrected chi connectivity index (χ0v) is 15.2. The molecule has 0 saturated heterocycles. The van der Waals surface area contributed by atoms with Crippen LogP contribution in [0.4, 0.5) is 0 Å². The molecule has 0 aliphatic heterocycles. The number of ether oxygens (including phenoxy) is 1. The Labute approximate surface area is 146 Å². The molecule has 110 valence electrons. The van der Waals surface area contributed by atoms with Crippen LogP contribution < -0.4 is 10.2 Å². The van der Waals surface area contributed by atoms with Crippen LogP contribution in [0.15, 0.2) is 53.5 Å². The Hall–Kier alpha value is -1.12. The average Bonchev–Trinajstić information content (AvgIpc) is 2.75. The molecule has 0 fully saturated rings. The summed E-state index contributed by atoms with van der Waals surface area (Å²) in [6.45, 7) is -0.126. The van der Waals surface area contributed by atoms with Crippen LogP contribution in [-0.2, 0) is 4.79 Å². The van der Waals surface area contributed by atoms with Crippen LogP contribution in [0.1, 0.15) is 5.76 Å². The summed E-state index contributed by atoms with van der Waals surface area (Å²) in [5, 5.41) is 3.78. The number of hydrogen-bond donors (Lipinski definition) is 1. The summed E-state index contributed by atoms with van der Waals surface area (Å²) in [6, 6.07) is 8.95. The van der Waals surface area contributed by atoms with E-state index in [2.05, 4.69) is 58.3 Å². The van der Waals surface area contributed by atoms with Gasteiger partial charge in [0.1, 0.15) is 11.5 Å². The Kier molecular flexibility index (Phi) is 6.01. The van der Waals surface area contributed by atoms with Crippen molar-refractivity contribution in [2.24, 2.45) is 5.10 Å². The van der Waals surface area contributed by atoms with Crippen molar-refractivity contribution in [3.63, 3.8) is 0 Å². The summed E-state index contributed by atoms with van der Waals surface area (Å²) in [5.41, 5.74) is 2.35. The van der Waals surface area contributed by atoms with Crippen molar-refractivity contribution in [2.45, 2.75) is 0 Å². The number of nitrogens with zero attached hydrogens (tertiary/aromatic N) is 1. The lowest BCUT2D eigenvalue weighted by Crippen LogP contribution is -2.24. The van der Waals surface area contributed by atoms with Gasteiger partial charge in [0, 0.05) is 10.5 Å². The van der Waals surface area contributed by atoms with Gasteiger partial charge in [0.25, 0.3) is 5.91 Å². The molecule has 5 nitrogen and oxygen atoms in total. The van der Waals surface area contributed by atoms with Crippen molar-refractivity contribution in [2.75, 3.05) is 6.61 Å². The van der Waals surface area contributed by atoms with Crippen molar-refractivity contribution in [1.82, 2.24) is 5.43 Å². The molecule has 21 heavy (non-hydrogen) atoms. The second-order valence-electron chi connectivity index (χ2n) is 3.81. The van der Waals surface area contributed by atoms with Gasteiger partial charge in [-0.1, -0.05) is 22.0 Å². The molecule has 1 aromatic heterocycles. The van der Waals surface area contributed by atoms with E-state index in [0.717, 1.165) is 8.95 Å². The van der Waals surface area contributed by atoms with Crippen molar-refractivity contribution in [1.29, 1.82) is 0 Å². The van der Waals surface area contributed by atoms with E-state index in [-0.39, 0.29) is 12.5 Å². The number of halogens is 3. The Morgan fingerprint density at radius 2 is 2.14 bits per heavy atom. The number of carbonyl (C=O) groups is 1. The van der Waals surface area contributed by atoms with Crippen LogP contribution in [0.25, 0.3) is 0 Å². The fourth-order valence-electron chi connectivity index (χ4n) is 1.33. The van der Waals surface area contributed by atoms with Crippen LogP contribution in [-0.4, -0.2) is 18.7 Å². The van der Waals surface area contributed by atoms with Gasteiger partial charge in [0.05, 0.1) is 10.7 Å². The zero-order chi connectivity index (χ0) is 15.2. The third kappa shape index (κ3) is 5.29. The molecular weight excluding hydrogens is 472 g/mol. The normalized spacial score (nSPS) is 10.8. The predicted octanol–water partition coefficient (Wildman–Crippen LogP) is 4.10. The van der Waals surface area contributed by atoms with Crippen molar-refractivity contribution in [3.05, 3.63) is 49.7 Å². The second-order valence-corrected chi connectivity index (χ2v) is 6.30. The summed E-state index contributed by atoms with van der Waals surface area (Å²) in [5.74, 6) is 0.736. The van der Waals surface area contributed by atoms with Gasteiger partial charge in [-0.25, -0.2) is 5.43 Å². The highest BCUT2D eigenvalue weighted by molar-refractivity contribution is 9.13. The highest BCUT2D eigenvalue weighted by Crippen LogP contribution is 2.25. The zero-order valence-electron chi connectivity index (χ0n) is 10.5. The Morgan fingerprint density at radius 1 is 1.33 bits per heavy atom. The minimum Gasteiger partial charge on any atom is -0.484 e. The van der Waals surface area contributed by atoms with Crippen LogP contribution in [0.5, 0.6) is 5.75 Å². The number of hydrazone groups is 1. The molecule has 0 atom stereocenters. The van der Waals surface area contributed by atoms with E-state index in [9.17, 15) is 4.79 Å². The largest absolute Gasteiger partial charge is 0.484 e. The molecule has 8 heteroatoms. The third-order valence-corrected chi connectivity index (χ3v) is 4.41. The first-order valence-electron chi connectivity index (χ1n) is 5.69. The summed E-state index contributed by atoms with van der Waals surface area (Å²) < 4.78 is 12.8. The van der Waals surface area contributed by atoms with Crippen LogP contribution >= 0.6 is 47.8 Å². The molecule has 0 aliphatic carbocycles. The summed E-state index contributed by atoms with van der Waals surface area (Å²) in [7, 11) is 0. The molecule has 1 aromatic carbocycles. The van der Waals surface area contributed by atoms with Gasteiger partial charge in [-0.15, -0.1) is 0 Å².